The number of nitrogens with zero attached hydrogens (tertiary/aromatic N) is 1. The van der Waals surface area contributed by atoms with Crippen molar-refractivity contribution in [3.63, 3.8) is 0 Å². The molecule has 0 radical (unpaired) electrons. The fourth-order valence-electron chi connectivity index (χ4n) is 3.18. The Bertz CT molecular complexity index is 1170. The van der Waals surface area contributed by atoms with Crippen LogP contribution in [0.5, 0.6) is 0 Å². The SMILES string of the molecule is O=C(CNC(=O)[C@H](Cc1ccc([N+](=O)[O-])cc1)NC(=O)OCc1ccccc1)OCc1ccccc1. The quantitative estimate of drug-likeness (QED) is 0.239. The average Bonchev–Trinajstić information content (AvgIpc) is 2.90. The van der Waals surface area contributed by atoms with Crippen molar-refractivity contribution in [1.29, 1.82) is 0 Å². The van der Waals surface area contributed by atoms with E-state index in [-0.39, 0.29) is 25.3 Å². The lowest BCUT2D eigenvalue weighted by molar-refractivity contribution is -0.384. The van der Waals surface area contributed by atoms with Crippen LogP contribution in [0.3, 0.4) is 0 Å². The molecule has 10 heteroatoms. The maximum absolute atomic E-state index is 12.8. The number of esters is 1. The number of hydrogen-bond acceptors (Lipinski definition) is 7. The number of alkyl carbamates (subject to hydrolysis) is 1. The zero-order valence-corrected chi connectivity index (χ0v) is 19.3. The molecule has 36 heavy (non-hydrogen) atoms. The van der Waals surface area contributed by atoms with Crippen molar-refractivity contribution in [3.8, 4) is 0 Å². The molecule has 1 atom stereocenters. The fourth-order valence-corrected chi connectivity index (χ4v) is 3.18. The molecule has 186 valence electrons. The number of rotatable bonds is 11. The summed E-state index contributed by atoms with van der Waals surface area (Å²) >= 11 is 0. The van der Waals surface area contributed by atoms with E-state index in [9.17, 15) is 24.5 Å². The molecule has 3 aromatic rings. The second kappa shape index (κ2) is 13.2. The standard InChI is InChI=1S/C26H25N3O7/c30-24(35-17-20-7-3-1-4-8-20)16-27-25(31)23(15-19-11-13-22(14-12-19)29(33)34)28-26(32)36-18-21-9-5-2-6-10-21/h1-14,23H,15-18H2,(H,27,31)(H,28,32)/t23-/m0/s1. The molecular formula is C26H25N3O7. The molecule has 0 aromatic heterocycles. The Morgan fingerprint density at radius 2 is 1.33 bits per heavy atom. The van der Waals surface area contributed by atoms with E-state index in [1.165, 1.54) is 24.3 Å². The Balaban J connectivity index is 1.58. The summed E-state index contributed by atoms with van der Waals surface area (Å²) in [6.07, 6.45) is -0.809. The first-order valence-electron chi connectivity index (χ1n) is 11.1. The lowest BCUT2D eigenvalue weighted by Crippen LogP contribution is -2.49. The van der Waals surface area contributed by atoms with Crippen molar-refractivity contribution >= 4 is 23.7 Å². The van der Waals surface area contributed by atoms with Crippen LogP contribution in [-0.4, -0.2) is 35.5 Å². The molecule has 0 saturated heterocycles. The molecule has 0 heterocycles. The van der Waals surface area contributed by atoms with Gasteiger partial charge in [-0.05, 0) is 16.7 Å². The Labute approximate surface area is 207 Å². The highest BCUT2D eigenvalue weighted by molar-refractivity contribution is 5.88. The maximum atomic E-state index is 12.8. The molecule has 0 saturated carbocycles. The van der Waals surface area contributed by atoms with Crippen LogP contribution in [-0.2, 0) is 38.7 Å². The summed E-state index contributed by atoms with van der Waals surface area (Å²) in [6.45, 7) is -0.334. The summed E-state index contributed by atoms with van der Waals surface area (Å²) in [4.78, 5) is 47.6. The monoisotopic (exact) mass is 491 g/mol. The van der Waals surface area contributed by atoms with Crippen LogP contribution in [0.2, 0.25) is 0 Å². The van der Waals surface area contributed by atoms with E-state index in [0.29, 0.717) is 5.56 Å². The summed E-state index contributed by atoms with van der Waals surface area (Å²) in [5.41, 5.74) is 2.04. The average molecular weight is 492 g/mol. The zero-order chi connectivity index (χ0) is 25.8. The number of carbonyl (C=O) groups is 3. The van der Waals surface area contributed by atoms with Crippen molar-refractivity contribution < 1.29 is 28.8 Å². The van der Waals surface area contributed by atoms with Gasteiger partial charge in [0.15, 0.2) is 0 Å². The number of carbonyl (C=O) groups excluding carboxylic acids is 3. The molecule has 3 rings (SSSR count). The molecule has 0 aliphatic heterocycles. The van der Waals surface area contributed by atoms with Crippen molar-refractivity contribution in [2.75, 3.05) is 6.54 Å². The van der Waals surface area contributed by atoms with Crippen LogP contribution in [0.15, 0.2) is 84.9 Å². The van der Waals surface area contributed by atoms with E-state index >= 15 is 0 Å². The number of nitrogens with one attached hydrogen (secondary N) is 2. The molecule has 3 aromatic carbocycles. The highest BCUT2D eigenvalue weighted by Crippen LogP contribution is 2.13. The lowest BCUT2D eigenvalue weighted by Gasteiger charge is -2.18. The van der Waals surface area contributed by atoms with Gasteiger partial charge in [-0.1, -0.05) is 72.8 Å². The minimum absolute atomic E-state index is 0.00432. The van der Waals surface area contributed by atoms with Crippen LogP contribution >= 0.6 is 0 Å². The Hall–Kier alpha value is -4.73. The topological polar surface area (TPSA) is 137 Å². The Kier molecular flexibility index (Phi) is 9.51. The van der Waals surface area contributed by atoms with Gasteiger partial charge in [-0.15, -0.1) is 0 Å². The molecule has 0 aliphatic carbocycles. The first kappa shape index (κ1) is 25.9. The number of benzene rings is 3. The number of nitro groups is 1. The first-order chi connectivity index (χ1) is 17.4. The summed E-state index contributed by atoms with van der Waals surface area (Å²) in [5, 5.41) is 15.8. The molecular weight excluding hydrogens is 466 g/mol. The number of nitro benzene ring substituents is 1. The summed E-state index contributed by atoms with van der Waals surface area (Å²) < 4.78 is 10.4. The van der Waals surface area contributed by atoms with E-state index < -0.39 is 35.5 Å². The van der Waals surface area contributed by atoms with Crippen molar-refractivity contribution in [2.45, 2.75) is 25.7 Å². The summed E-state index contributed by atoms with van der Waals surface area (Å²) in [7, 11) is 0. The van der Waals surface area contributed by atoms with Gasteiger partial charge in [-0.2, -0.15) is 0 Å². The third kappa shape index (κ3) is 8.56. The number of non-ortho nitro benzene ring substituents is 1. The van der Waals surface area contributed by atoms with Crippen LogP contribution < -0.4 is 10.6 Å². The van der Waals surface area contributed by atoms with Gasteiger partial charge < -0.3 is 20.1 Å². The highest BCUT2D eigenvalue weighted by atomic mass is 16.6. The van der Waals surface area contributed by atoms with Gasteiger partial charge in [0.05, 0.1) is 4.92 Å². The molecule has 2 amide bonds. The molecule has 0 bridgehead atoms. The molecule has 0 aliphatic rings. The maximum Gasteiger partial charge on any atom is 0.408 e. The second-order valence-electron chi connectivity index (χ2n) is 7.75. The van der Waals surface area contributed by atoms with E-state index in [0.717, 1.165) is 11.1 Å². The molecule has 0 unspecified atom stereocenters. The fraction of sp³-hybridized carbons (Fsp3) is 0.192. The smallest absolute Gasteiger partial charge is 0.408 e. The third-order valence-corrected chi connectivity index (χ3v) is 5.06. The van der Waals surface area contributed by atoms with Gasteiger partial charge in [-0.3, -0.25) is 19.7 Å². The zero-order valence-electron chi connectivity index (χ0n) is 19.3. The van der Waals surface area contributed by atoms with E-state index in [4.69, 9.17) is 9.47 Å². The number of amides is 2. The van der Waals surface area contributed by atoms with Crippen molar-refractivity contribution in [3.05, 3.63) is 112 Å². The minimum atomic E-state index is -1.10. The van der Waals surface area contributed by atoms with Crippen LogP contribution in [0, 0.1) is 10.1 Å². The van der Waals surface area contributed by atoms with Crippen molar-refractivity contribution in [2.24, 2.45) is 0 Å². The van der Waals surface area contributed by atoms with Crippen LogP contribution in [0.4, 0.5) is 10.5 Å². The molecule has 0 fully saturated rings. The van der Waals surface area contributed by atoms with Gasteiger partial charge in [0.2, 0.25) is 5.91 Å². The first-order valence-corrected chi connectivity index (χ1v) is 11.1. The predicted molar refractivity (Wildman–Crippen MR) is 130 cm³/mol. The van der Waals surface area contributed by atoms with Crippen LogP contribution in [0.1, 0.15) is 16.7 Å². The van der Waals surface area contributed by atoms with Crippen molar-refractivity contribution in [1.82, 2.24) is 10.6 Å². The van der Waals surface area contributed by atoms with E-state index in [2.05, 4.69) is 10.6 Å². The number of hydrogen-bond donors (Lipinski definition) is 2. The number of ether oxygens (including phenoxy) is 2. The van der Waals surface area contributed by atoms with Gasteiger partial charge in [-0.25, -0.2) is 4.79 Å². The Morgan fingerprint density at radius 1 is 0.778 bits per heavy atom. The van der Waals surface area contributed by atoms with Gasteiger partial charge in [0.1, 0.15) is 25.8 Å². The largest absolute Gasteiger partial charge is 0.460 e. The lowest BCUT2D eigenvalue weighted by atomic mass is 10.0. The molecule has 10 nitrogen and oxygen atoms in total. The summed E-state index contributed by atoms with van der Waals surface area (Å²) in [5.74, 6) is -1.28. The third-order valence-electron chi connectivity index (χ3n) is 5.06. The summed E-state index contributed by atoms with van der Waals surface area (Å²) in [6, 6.07) is 22.6. The Morgan fingerprint density at radius 3 is 1.89 bits per heavy atom. The van der Waals surface area contributed by atoms with Gasteiger partial charge >= 0.3 is 12.1 Å². The van der Waals surface area contributed by atoms with Crippen LogP contribution in [0.25, 0.3) is 0 Å². The molecule has 0 spiro atoms. The highest BCUT2D eigenvalue weighted by Gasteiger charge is 2.23. The van der Waals surface area contributed by atoms with E-state index in [1.54, 1.807) is 36.4 Å². The minimum Gasteiger partial charge on any atom is -0.460 e. The predicted octanol–water partition coefficient (Wildman–Crippen LogP) is 3.29. The van der Waals surface area contributed by atoms with Gasteiger partial charge in [0, 0.05) is 18.6 Å². The molecule has 2 N–H and O–H groups in total. The van der Waals surface area contributed by atoms with Gasteiger partial charge in [0.25, 0.3) is 5.69 Å². The second-order valence-corrected chi connectivity index (χ2v) is 7.75. The van der Waals surface area contributed by atoms with E-state index in [1.807, 2.05) is 24.3 Å². The normalized spacial score (nSPS) is 11.1.